The standard InChI is InChI=1S/C20H38O7SSi/c1-6-25-29(26-7-2,27-8-3)15-9-14-24-20(21)18(5)16-28(22,23)19-12-10-17(4)11-13-19/h17,19H,5-16H2,1-4H3. The topological polar surface area (TPSA) is 88.1 Å². The first-order valence-corrected chi connectivity index (χ1v) is 14.3. The Morgan fingerprint density at radius 3 is 2.00 bits per heavy atom. The van der Waals surface area contributed by atoms with E-state index in [-0.39, 0.29) is 23.2 Å². The maximum Gasteiger partial charge on any atom is 0.501 e. The van der Waals surface area contributed by atoms with Crippen molar-refractivity contribution in [1.29, 1.82) is 0 Å². The van der Waals surface area contributed by atoms with Gasteiger partial charge in [0.2, 0.25) is 0 Å². The summed E-state index contributed by atoms with van der Waals surface area (Å²) in [4.78, 5) is 12.2. The van der Waals surface area contributed by atoms with Gasteiger partial charge in [0.15, 0.2) is 9.84 Å². The van der Waals surface area contributed by atoms with Gasteiger partial charge in [-0.25, -0.2) is 13.2 Å². The number of carbonyl (C=O) groups excluding carboxylic acids is 1. The molecule has 29 heavy (non-hydrogen) atoms. The van der Waals surface area contributed by atoms with E-state index >= 15 is 0 Å². The molecule has 0 unspecified atom stereocenters. The maximum atomic E-state index is 12.6. The summed E-state index contributed by atoms with van der Waals surface area (Å²) >= 11 is 0. The third-order valence-electron chi connectivity index (χ3n) is 5.09. The molecule has 0 N–H and O–H groups in total. The molecule has 1 aliphatic carbocycles. The highest BCUT2D eigenvalue weighted by Gasteiger charge is 2.39. The molecule has 1 rings (SSSR count). The summed E-state index contributed by atoms with van der Waals surface area (Å²) in [5.41, 5.74) is -0.00782. The monoisotopic (exact) mass is 450 g/mol. The van der Waals surface area contributed by atoms with Gasteiger partial charge in [0, 0.05) is 31.4 Å². The third-order valence-corrected chi connectivity index (χ3v) is 10.5. The lowest BCUT2D eigenvalue weighted by Gasteiger charge is -2.28. The Labute approximate surface area is 177 Å². The molecule has 0 amide bonds. The Morgan fingerprint density at radius 2 is 1.52 bits per heavy atom. The molecule has 0 bridgehead atoms. The maximum absolute atomic E-state index is 12.6. The fourth-order valence-electron chi connectivity index (χ4n) is 3.57. The molecule has 170 valence electrons. The Balaban J connectivity index is 2.47. The van der Waals surface area contributed by atoms with Crippen molar-refractivity contribution in [3.8, 4) is 0 Å². The molecule has 0 aliphatic heterocycles. The second-order valence-corrected chi connectivity index (χ2v) is 12.5. The van der Waals surface area contributed by atoms with Crippen molar-refractivity contribution >= 4 is 24.6 Å². The second-order valence-electron chi connectivity index (χ2n) is 7.51. The molecule has 7 nitrogen and oxygen atoms in total. The van der Waals surface area contributed by atoms with E-state index in [9.17, 15) is 13.2 Å². The van der Waals surface area contributed by atoms with Crippen LogP contribution in [0.1, 0.15) is 59.8 Å². The van der Waals surface area contributed by atoms with Gasteiger partial charge < -0.3 is 18.0 Å². The van der Waals surface area contributed by atoms with Gasteiger partial charge in [0.25, 0.3) is 0 Å². The van der Waals surface area contributed by atoms with E-state index in [1.807, 2.05) is 20.8 Å². The van der Waals surface area contributed by atoms with Crippen molar-refractivity contribution in [2.24, 2.45) is 5.92 Å². The lowest BCUT2D eigenvalue weighted by atomic mass is 9.91. The molecule has 1 fully saturated rings. The molecule has 0 aromatic carbocycles. The molecule has 0 saturated heterocycles. The van der Waals surface area contributed by atoms with Crippen LogP contribution in [0.4, 0.5) is 0 Å². The lowest BCUT2D eigenvalue weighted by Crippen LogP contribution is -2.46. The minimum absolute atomic E-state index is 0.00782. The van der Waals surface area contributed by atoms with Gasteiger partial charge in [-0.15, -0.1) is 0 Å². The van der Waals surface area contributed by atoms with Crippen LogP contribution in [-0.2, 0) is 32.6 Å². The summed E-state index contributed by atoms with van der Waals surface area (Å²) in [6.07, 6.45) is 3.64. The fourth-order valence-corrected chi connectivity index (χ4v) is 7.97. The highest BCUT2D eigenvalue weighted by molar-refractivity contribution is 7.92. The quantitative estimate of drug-likeness (QED) is 0.173. The number of ether oxygens (including phenoxy) is 1. The van der Waals surface area contributed by atoms with E-state index in [0.29, 0.717) is 51.0 Å². The van der Waals surface area contributed by atoms with Gasteiger partial charge in [0.05, 0.1) is 17.6 Å². The molecule has 0 aromatic rings. The van der Waals surface area contributed by atoms with Crippen molar-refractivity contribution < 1.29 is 31.2 Å². The summed E-state index contributed by atoms with van der Waals surface area (Å²) < 4.78 is 47.7. The largest absolute Gasteiger partial charge is 0.501 e. The van der Waals surface area contributed by atoms with Gasteiger partial charge >= 0.3 is 14.8 Å². The molecule has 0 atom stereocenters. The SMILES string of the molecule is C=C(CS(=O)(=O)C1CCC(C)CC1)C(=O)OCCC[Si](OCC)(OCC)OCC. The van der Waals surface area contributed by atoms with Gasteiger partial charge in [-0.05, 0) is 58.8 Å². The zero-order valence-electron chi connectivity index (χ0n) is 18.4. The zero-order chi connectivity index (χ0) is 21.9. The number of hydrogen-bond acceptors (Lipinski definition) is 7. The molecular weight excluding hydrogens is 412 g/mol. The highest BCUT2D eigenvalue weighted by Crippen LogP contribution is 2.29. The third kappa shape index (κ3) is 8.88. The van der Waals surface area contributed by atoms with Crippen molar-refractivity contribution in [2.75, 3.05) is 32.2 Å². The average molecular weight is 451 g/mol. The van der Waals surface area contributed by atoms with E-state index in [4.69, 9.17) is 18.0 Å². The first-order valence-electron chi connectivity index (χ1n) is 10.7. The molecule has 1 saturated carbocycles. The number of esters is 1. The molecule has 0 spiro atoms. The summed E-state index contributed by atoms with van der Waals surface area (Å²) in [5.74, 6) is -0.426. The highest BCUT2D eigenvalue weighted by atomic mass is 32.2. The Bertz CT molecular complexity index is 595. The zero-order valence-corrected chi connectivity index (χ0v) is 20.2. The van der Waals surface area contributed by atoms with Crippen LogP contribution in [0.5, 0.6) is 0 Å². The van der Waals surface area contributed by atoms with Gasteiger partial charge in [-0.1, -0.05) is 13.5 Å². The molecule has 9 heteroatoms. The van der Waals surface area contributed by atoms with Crippen LogP contribution in [0.15, 0.2) is 12.2 Å². The van der Waals surface area contributed by atoms with E-state index in [0.717, 1.165) is 12.8 Å². The Hall–Kier alpha value is -0.743. The van der Waals surface area contributed by atoms with E-state index < -0.39 is 24.6 Å². The Morgan fingerprint density at radius 1 is 1.00 bits per heavy atom. The number of rotatable bonds is 14. The predicted molar refractivity (Wildman–Crippen MR) is 115 cm³/mol. The van der Waals surface area contributed by atoms with Crippen molar-refractivity contribution in [1.82, 2.24) is 0 Å². The molecule has 0 aromatic heterocycles. The van der Waals surface area contributed by atoms with Crippen molar-refractivity contribution in [3.05, 3.63) is 12.2 Å². The van der Waals surface area contributed by atoms with Crippen LogP contribution in [0.25, 0.3) is 0 Å². The minimum Gasteiger partial charge on any atom is -0.462 e. The first-order chi connectivity index (χ1) is 13.7. The summed E-state index contributed by atoms with van der Waals surface area (Å²) in [6, 6.07) is 0.529. The average Bonchev–Trinajstić information content (AvgIpc) is 2.65. The van der Waals surface area contributed by atoms with E-state index in [2.05, 4.69) is 13.5 Å². The lowest BCUT2D eigenvalue weighted by molar-refractivity contribution is -0.139. The molecular formula is C20H38O7SSi. The first kappa shape index (κ1) is 26.3. The van der Waals surface area contributed by atoms with Crippen molar-refractivity contribution in [3.63, 3.8) is 0 Å². The van der Waals surface area contributed by atoms with Crippen LogP contribution in [-0.4, -0.2) is 60.6 Å². The second kappa shape index (κ2) is 12.8. The number of sulfone groups is 1. The van der Waals surface area contributed by atoms with Crippen LogP contribution >= 0.6 is 0 Å². The normalized spacial score (nSPS) is 20.4. The summed E-state index contributed by atoms with van der Waals surface area (Å²) in [7, 11) is -6.15. The van der Waals surface area contributed by atoms with Crippen LogP contribution in [0.2, 0.25) is 6.04 Å². The van der Waals surface area contributed by atoms with Gasteiger partial charge in [-0.3, -0.25) is 0 Å². The Kier molecular flexibility index (Phi) is 11.6. The van der Waals surface area contributed by atoms with Crippen LogP contribution in [0.3, 0.4) is 0 Å². The smallest absolute Gasteiger partial charge is 0.462 e. The van der Waals surface area contributed by atoms with Gasteiger partial charge in [-0.2, -0.15) is 0 Å². The van der Waals surface area contributed by atoms with Crippen LogP contribution < -0.4 is 0 Å². The predicted octanol–water partition coefficient (Wildman–Crippen LogP) is 3.52. The molecule has 0 heterocycles. The van der Waals surface area contributed by atoms with E-state index in [1.165, 1.54) is 0 Å². The molecule has 1 aliphatic rings. The minimum atomic E-state index is -3.38. The molecule has 0 radical (unpaired) electrons. The number of carbonyl (C=O) groups is 1. The fraction of sp³-hybridized carbons (Fsp3) is 0.850. The summed E-state index contributed by atoms with van der Waals surface area (Å²) in [5, 5.41) is -0.376. The van der Waals surface area contributed by atoms with Gasteiger partial charge in [0.1, 0.15) is 0 Å². The van der Waals surface area contributed by atoms with E-state index in [1.54, 1.807) is 0 Å². The van der Waals surface area contributed by atoms with Crippen molar-refractivity contribution in [2.45, 2.75) is 71.1 Å². The number of hydrogen-bond donors (Lipinski definition) is 0. The van der Waals surface area contributed by atoms with Crippen LogP contribution in [0, 0.1) is 5.92 Å². The summed E-state index contributed by atoms with van der Waals surface area (Å²) in [6.45, 7) is 13.0.